The number of amides is 1. The van der Waals surface area contributed by atoms with E-state index in [1.54, 1.807) is 0 Å². The summed E-state index contributed by atoms with van der Waals surface area (Å²) in [6, 6.07) is 0. The van der Waals surface area contributed by atoms with E-state index in [1.807, 2.05) is 9.47 Å². The quantitative estimate of drug-likeness (QED) is 0.465. The van der Waals surface area contributed by atoms with Gasteiger partial charge in [0.25, 0.3) is 0 Å². The van der Waals surface area contributed by atoms with Gasteiger partial charge in [-0.15, -0.1) is 0 Å². The molecule has 0 saturated carbocycles. The normalized spacial score (nSPS) is 20.1. The molecular formula is C20H30N4O4S. The highest BCUT2D eigenvalue weighted by Gasteiger charge is 2.24. The smallest absolute Gasteiger partial charge is 0.348 e. The minimum Gasteiger partial charge on any atom is -0.379 e. The molecule has 1 aromatic rings. The van der Waals surface area contributed by atoms with E-state index in [4.69, 9.17) is 9.47 Å². The van der Waals surface area contributed by atoms with Crippen molar-refractivity contribution in [2.75, 3.05) is 64.9 Å². The molecule has 0 N–H and O–H groups in total. The Bertz CT molecular complexity index is 772. The van der Waals surface area contributed by atoms with Gasteiger partial charge in [-0.25, -0.2) is 4.79 Å². The van der Waals surface area contributed by atoms with Gasteiger partial charge in [-0.05, 0) is 25.7 Å². The van der Waals surface area contributed by atoms with Crippen molar-refractivity contribution in [1.82, 2.24) is 19.4 Å². The maximum Gasteiger partial charge on any atom is 0.348 e. The molecule has 1 aromatic heterocycles. The summed E-state index contributed by atoms with van der Waals surface area (Å²) in [7, 11) is 0. The number of carbonyl (C=O) groups is 1. The van der Waals surface area contributed by atoms with Gasteiger partial charge in [0, 0.05) is 50.5 Å². The summed E-state index contributed by atoms with van der Waals surface area (Å²) in [5.74, 6) is 0.432. The first kappa shape index (κ1) is 20.8. The molecule has 1 amide bonds. The van der Waals surface area contributed by atoms with Gasteiger partial charge < -0.3 is 14.4 Å². The second kappa shape index (κ2) is 10.1. The van der Waals surface area contributed by atoms with Gasteiger partial charge in [0.15, 0.2) is 0 Å². The zero-order chi connectivity index (χ0) is 20.1. The lowest BCUT2D eigenvalue weighted by Gasteiger charge is -2.27. The van der Waals surface area contributed by atoms with Crippen LogP contribution in [0.4, 0.5) is 0 Å². The number of rotatable bonds is 7. The van der Waals surface area contributed by atoms with Crippen LogP contribution >= 0.6 is 11.8 Å². The standard InChI is InChI=1S/C20H30N4O4S/c25-18(23-9-13-28-14-10-23)15-29-19-16-3-1-4-17(16)24(20(26)21-19)6-2-5-22-7-11-27-12-8-22/h1-15H2. The molecular weight excluding hydrogens is 392 g/mol. The van der Waals surface area contributed by atoms with Gasteiger partial charge in [-0.2, -0.15) is 4.98 Å². The average Bonchev–Trinajstić information content (AvgIpc) is 3.25. The zero-order valence-corrected chi connectivity index (χ0v) is 17.8. The van der Waals surface area contributed by atoms with Crippen molar-refractivity contribution >= 4 is 17.7 Å². The van der Waals surface area contributed by atoms with E-state index in [0.29, 0.717) is 38.6 Å². The summed E-state index contributed by atoms with van der Waals surface area (Å²) in [5, 5.41) is 0.758. The van der Waals surface area contributed by atoms with E-state index < -0.39 is 0 Å². The fourth-order valence-corrected chi connectivity index (χ4v) is 5.23. The fraction of sp³-hybridized carbons (Fsp3) is 0.750. The predicted octanol–water partition coefficient (Wildman–Crippen LogP) is 0.405. The number of hydrogen-bond donors (Lipinski definition) is 0. The molecule has 0 radical (unpaired) electrons. The Balaban J connectivity index is 1.38. The van der Waals surface area contributed by atoms with Gasteiger partial charge in [0.2, 0.25) is 5.91 Å². The number of fused-ring (bicyclic) bond motifs is 1. The first-order valence-electron chi connectivity index (χ1n) is 10.6. The largest absolute Gasteiger partial charge is 0.379 e. The highest BCUT2D eigenvalue weighted by atomic mass is 32.2. The molecule has 0 unspecified atom stereocenters. The Hall–Kier alpha value is -1.42. The summed E-state index contributed by atoms with van der Waals surface area (Å²) in [6.45, 7) is 7.73. The molecule has 0 aromatic carbocycles. The van der Waals surface area contributed by atoms with Gasteiger partial charge >= 0.3 is 5.69 Å². The summed E-state index contributed by atoms with van der Waals surface area (Å²) < 4.78 is 12.6. The van der Waals surface area contributed by atoms with Gasteiger partial charge in [0.05, 0.1) is 32.2 Å². The maximum absolute atomic E-state index is 12.7. The highest BCUT2D eigenvalue weighted by Crippen LogP contribution is 2.29. The van der Waals surface area contributed by atoms with E-state index in [9.17, 15) is 9.59 Å². The van der Waals surface area contributed by atoms with Gasteiger partial charge in [-0.3, -0.25) is 14.3 Å². The molecule has 160 valence electrons. The van der Waals surface area contributed by atoms with Crippen LogP contribution in [0.3, 0.4) is 0 Å². The van der Waals surface area contributed by atoms with Crippen molar-refractivity contribution in [3.8, 4) is 0 Å². The number of ether oxygens (including phenoxy) is 2. The second-order valence-corrected chi connectivity index (χ2v) is 8.68. The van der Waals surface area contributed by atoms with Crippen molar-refractivity contribution in [2.24, 2.45) is 0 Å². The monoisotopic (exact) mass is 422 g/mol. The Kier molecular flexibility index (Phi) is 7.23. The van der Waals surface area contributed by atoms with E-state index in [0.717, 1.165) is 69.3 Å². The first-order valence-corrected chi connectivity index (χ1v) is 11.6. The Morgan fingerprint density at radius 3 is 2.48 bits per heavy atom. The van der Waals surface area contributed by atoms with E-state index >= 15 is 0 Å². The minimum absolute atomic E-state index is 0.0986. The Labute approximate surface area is 175 Å². The number of thioether (sulfide) groups is 1. The third-order valence-electron chi connectivity index (χ3n) is 5.86. The molecule has 2 aliphatic heterocycles. The van der Waals surface area contributed by atoms with Crippen molar-refractivity contribution in [1.29, 1.82) is 0 Å². The second-order valence-electron chi connectivity index (χ2n) is 7.72. The number of aromatic nitrogens is 2. The van der Waals surface area contributed by atoms with Crippen molar-refractivity contribution < 1.29 is 14.3 Å². The van der Waals surface area contributed by atoms with Crippen LogP contribution in [0, 0.1) is 0 Å². The lowest BCUT2D eigenvalue weighted by molar-refractivity contribution is -0.132. The molecule has 0 atom stereocenters. The predicted molar refractivity (Wildman–Crippen MR) is 111 cm³/mol. The summed E-state index contributed by atoms with van der Waals surface area (Å²) in [6.07, 6.45) is 3.86. The third kappa shape index (κ3) is 5.20. The molecule has 0 spiro atoms. The third-order valence-corrected chi connectivity index (χ3v) is 6.86. The van der Waals surface area contributed by atoms with Gasteiger partial charge in [-0.1, -0.05) is 11.8 Å². The molecule has 1 aliphatic carbocycles. The van der Waals surface area contributed by atoms with Crippen LogP contribution in [0.25, 0.3) is 0 Å². The van der Waals surface area contributed by atoms with Crippen LogP contribution in [-0.2, 0) is 33.7 Å². The molecule has 2 fully saturated rings. The van der Waals surface area contributed by atoms with Crippen molar-refractivity contribution in [3.05, 3.63) is 21.7 Å². The molecule has 2 saturated heterocycles. The first-order chi connectivity index (χ1) is 14.2. The van der Waals surface area contributed by atoms with Crippen molar-refractivity contribution in [2.45, 2.75) is 37.3 Å². The fourth-order valence-electron chi connectivity index (χ4n) is 4.25. The average molecular weight is 423 g/mol. The molecule has 3 aliphatic rings. The van der Waals surface area contributed by atoms with Crippen LogP contribution < -0.4 is 5.69 Å². The highest BCUT2D eigenvalue weighted by molar-refractivity contribution is 7.99. The zero-order valence-electron chi connectivity index (χ0n) is 16.9. The number of morpholine rings is 2. The topological polar surface area (TPSA) is 76.9 Å². The van der Waals surface area contributed by atoms with Crippen LogP contribution in [-0.4, -0.2) is 90.2 Å². The Morgan fingerprint density at radius 2 is 1.72 bits per heavy atom. The number of hydrogen-bond acceptors (Lipinski definition) is 7. The van der Waals surface area contributed by atoms with Crippen LogP contribution in [0.15, 0.2) is 9.82 Å². The van der Waals surface area contributed by atoms with E-state index in [-0.39, 0.29) is 11.6 Å². The summed E-state index contributed by atoms with van der Waals surface area (Å²) in [4.78, 5) is 33.8. The van der Waals surface area contributed by atoms with Crippen molar-refractivity contribution in [3.63, 3.8) is 0 Å². The molecule has 4 rings (SSSR count). The summed E-state index contributed by atoms with van der Waals surface area (Å²) in [5.41, 5.74) is 2.14. The lowest BCUT2D eigenvalue weighted by atomic mass is 10.2. The SMILES string of the molecule is O=C(CSc1nc(=O)n(CCCN2CCOCC2)c2c1CCC2)N1CCOCC1. The Morgan fingerprint density at radius 1 is 1.00 bits per heavy atom. The molecule has 0 bridgehead atoms. The molecule has 3 heterocycles. The van der Waals surface area contributed by atoms with Crippen LogP contribution in [0.5, 0.6) is 0 Å². The maximum atomic E-state index is 12.7. The molecule has 9 heteroatoms. The van der Waals surface area contributed by atoms with Crippen LogP contribution in [0.2, 0.25) is 0 Å². The van der Waals surface area contributed by atoms with Gasteiger partial charge in [0.1, 0.15) is 5.03 Å². The lowest BCUT2D eigenvalue weighted by Crippen LogP contribution is -2.41. The van der Waals surface area contributed by atoms with Crippen LogP contribution in [0.1, 0.15) is 24.1 Å². The number of carbonyl (C=O) groups excluding carboxylic acids is 1. The van der Waals surface area contributed by atoms with E-state index in [2.05, 4.69) is 9.88 Å². The summed E-state index contributed by atoms with van der Waals surface area (Å²) >= 11 is 1.42. The number of nitrogens with zero attached hydrogens (tertiary/aromatic N) is 4. The molecule has 8 nitrogen and oxygen atoms in total. The molecule has 29 heavy (non-hydrogen) atoms. The minimum atomic E-state index is -0.172. The van der Waals surface area contributed by atoms with E-state index in [1.165, 1.54) is 17.3 Å².